The minimum absolute atomic E-state index is 0.00458. The number of aryl methyl sites for hydroxylation is 1. The van der Waals surface area contributed by atoms with Gasteiger partial charge in [0.2, 0.25) is 5.91 Å². The molecule has 2 amide bonds. The maximum atomic E-state index is 14.2. The van der Waals surface area contributed by atoms with Crippen molar-refractivity contribution in [3.63, 3.8) is 0 Å². The van der Waals surface area contributed by atoms with Gasteiger partial charge in [-0.3, -0.25) is 9.59 Å². The lowest BCUT2D eigenvalue weighted by Gasteiger charge is -2.35. The van der Waals surface area contributed by atoms with Crippen molar-refractivity contribution in [2.75, 3.05) is 31.6 Å². The lowest BCUT2D eigenvalue weighted by atomic mass is 10.0. The zero-order chi connectivity index (χ0) is 22.2. The summed E-state index contributed by atoms with van der Waals surface area (Å²) in [6.07, 6.45) is 2.66. The van der Waals surface area contributed by atoms with E-state index in [2.05, 4.69) is 10.6 Å². The predicted octanol–water partition coefficient (Wildman–Crippen LogP) is 3.44. The summed E-state index contributed by atoms with van der Waals surface area (Å²) in [6.45, 7) is 3.74. The number of rotatable bonds is 8. The number of nitrogens with zero attached hydrogens (tertiary/aromatic N) is 1. The number of hydrogen-bond acceptors (Lipinski definition) is 4. The molecule has 0 aliphatic carbocycles. The van der Waals surface area contributed by atoms with Crippen molar-refractivity contribution < 1.29 is 18.7 Å². The molecular formula is C24H30FN3O3. The first-order chi connectivity index (χ1) is 15.0. The van der Waals surface area contributed by atoms with Gasteiger partial charge in [-0.2, -0.15) is 0 Å². The smallest absolute Gasteiger partial charge is 0.251 e. The molecular weight excluding hydrogens is 397 g/mol. The fourth-order valence-corrected chi connectivity index (χ4v) is 3.77. The van der Waals surface area contributed by atoms with Crippen LogP contribution in [0.1, 0.15) is 41.6 Å². The molecule has 0 saturated carbocycles. The third kappa shape index (κ3) is 6.44. The Morgan fingerprint density at radius 1 is 1.19 bits per heavy atom. The topological polar surface area (TPSA) is 70.7 Å². The molecule has 1 atom stereocenters. The lowest BCUT2D eigenvalue weighted by Crippen LogP contribution is -2.48. The molecule has 1 saturated heterocycles. The Hall–Kier alpha value is -3.09. The summed E-state index contributed by atoms with van der Waals surface area (Å²) >= 11 is 0. The van der Waals surface area contributed by atoms with Gasteiger partial charge < -0.3 is 20.3 Å². The highest BCUT2D eigenvalue weighted by Gasteiger charge is 2.23. The van der Waals surface area contributed by atoms with Gasteiger partial charge >= 0.3 is 0 Å². The Morgan fingerprint density at radius 3 is 2.71 bits per heavy atom. The summed E-state index contributed by atoms with van der Waals surface area (Å²) in [7, 11) is 1.58. The van der Waals surface area contributed by atoms with Crippen molar-refractivity contribution in [3.05, 3.63) is 59.4 Å². The summed E-state index contributed by atoms with van der Waals surface area (Å²) in [5, 5.41) is 5.88. The van der Waals surface area contributed by atoms with Crippen LogP contribution in [-0.4, -0.2) is 44.6 Å². The van der Waals surface area contributed by atoms with Crippen molar-refractivity contribution in [3.8, 4) is 5.75 Å². The van der Waals surface area contributed by atoms with E-state index >= 15 is 0 Å². The van der Waals surface area contributed by atoms with E-state index in [-0.39, 0.29) is 23.7 Å². The Bertz CT molecular complexity index is 901. The molecule has 0 bridgehead atoms. The molecule has 2 aromatic rings. The molecule has 1 fully saturated rings. The number of halogens is 1. The Balaban J connectivity index is 1.40. The van der Waals surface area contributed by atoms with Crippen LogP contribution in [0.25, 0.3) is 0 Å². The van der Waals surface area contributed by atoms with Crippen LogP contribution in [0.15, 0.2) is 42.5 Å². The molecule has 166 valence electrons. The van der Waals surface area contributed by atoms with Gasteiger partial charge in [0.25, 0.3) is 5.91 Å². The highest BCUT2D eigenvalue weighted by Crippen LogP contribution is 2.24. The molecule has 1 unspecified atom stereocenters. The number of piperidine rings is 1. The van der Waals surface area contributed by atoms with E-state index < -0.39 is 0 Å². The van der Waals surface area contributed by atoms with Crippen LogP contribution < -0.4 is 20.3 Å². The molecule has 3 rings (SSSR count). The van der Waals surface area contributed by atoms with Crippen LogP contribution in [0.3, 0.4) is 0 Å². The fourth-order valence-electron chi connectivity index (χ4n) is 3.77. The van der Waals surface area contributed by atoms with Crippen LogP contribution in [0, 0.1) is 12.7 Å². The van der Waals surface area contributed by atoms with Crippen LogP contribution in [0.5, 0.6) is 5.75 Å². The number of carbonyl (C=O) groups is 2. The van der Waals surface area contributed by atoms with Crippen LogP contribution in [0.2, 0.25) is 0 Å². The second-order valence-electron chi connectivity index (χ2n) is 7.90. The van der Waals surface area contributed by atoms with E-state index in [1.54, 1.807) is 37.4 Å². The average Bonchev–Trinajstić information content (AvgIpc) is 2.78. The number of carbonyl (C=O) groups excluding carboxylic acids is 2. The van der Waals surface area contributed by atoms with Crippen molar-refractivity contribution in [1.82, 2.24) is 10.6 Å². The first-order valence-corrected chi connectivity index (χ1v) is 10.7. The van der Waals surface area contributed by atoms with Gasteiger partial charge in [-0.15, -0.1) is 0 Å². The van der Waals surface area contributed by atoms with Crippen molar-refractivity contribution in [1.29, 1.82) is 0 Å². The van der Waals surface area contributed by atoms with E-state index in [4.69, 9.17) is 4.74 Å². The minimum atomic E-state index is -0.231. The van der Waals surface area contributed by atoms with Crippen LogP contribution >= 0.6 is 0 Å². The molecule has 1 aliphatic heterocycles. The van der Waals surface area contributed by atoms with Crippen LogP contribution in [-0.2, 0) is 4.79 Å². The minimum Gasteiger partial charge on any atom is -0.497 e. The van der Waals surface area contributed by atoms with E-state index in [0.29, 0.717) is 42.9 Å². The van der Waals surface area contributed by atoms with E-state index in [1.807, 2.05) is 17.9 Å². The van der Waals surface area contributed by atoms with Gasteiger partial charge in [-0.05, 0) is 68.1 Å². The number of hydrogen-bond donors (Lipinski definition) is 2. The standard InChI is InChI=1S/C24H30FN3O3/c1-17-7-12-21(25)22(15-17)28-14-4-5-19(16-28)27-23(29)6-3-13-26-24(30)18-8-10-20(31-2)11-9-18/h7-12,15,19H,3-6,13-14,16H2,1-2H3,(H,26,30)(H,27,29). The largest absolute Gasteiger partial charge is 0.497 e. The Labute approximate surface area is 182 Å². The zero-order valence-corrected chi connectivity index (χ0v) is 18.1. The fraction of sp³-hybridized carbons (Fsp3) is 0.417. The Morgan fingerprint density at radius 2 is 1.97 bits per heavy atom. The van der Waals surface area contributed by atoms with Crippen molar-refractivity contribution in [2.24, 2.45) is 0 Å². The second-order valence-corrected chi connectivity index (χ2v) is 7.90. The normalized spacial score (nSPS) is 16.0. The summed E-state index contributed by atoms with van der Waals surface area (Å²) in [4.78, 5) is 26.5. The number of anilines is 1. The van der Waals surface area contributed by atoms with Gasteiger partial charge in [0.15, 0.2) is 0 Å². The van der Waals surface area contributed by atoms with E-state index in [1.165, 1.54) is 6.07 Å². The van der Waals surface area contributed by atoms with Crippen molar-refractivity contribution >= 4 is 17.5 Å². The number of benzene rings is 2. The third-order valence-electron chi connectivity index (χ3n) is 5.45. The molecule has 6 nitrogen and oxygen atoms in total. The van der Waals surface area contributed by atoms with Gasteiger partial charge in [0.1, 0.15) is 11.6 Å². The summed E-state index contributed by atoms with van der Waals surface area (Å²) in [5.74, 6) is 0.242. The SMILES string of the molecule is COc1ccc(C(=O)NCCCC(=O)NC2CCCN(c3cc(C)ccc3F)C2)cc1. The molecule has 1 heterocycles. The van der Waals surface area contributed by atoms with Crippen LogP contribution in [0.4, 0.5) is 10.1 Å². The molecule has 0 aromatic heterocycles. The first-order valence-electron chi connectivity index (χ1n) is 10.7. The number of ether oxygens (including phenoxy) is 1. The second kappa shape index (κ2) is 10.8. The molecule has 1 aliphatic rings. The average molecular weight is 428 g/mol. The van der Waals surface area contributed by atoms with Gasteiger partial charge in [-0.25, -0.2) is 4.39 Å². The summed E-state index contributed by atoms with van der Waals surface area (Å²) in [5.41, 5.74) is 2.16. The maximum absolute atomic E-state index is 14.2. The monoisotopic (exact) mass is 427 g/mol. The quantitative estimate of drug-likeness (QED) is 0.633. The van der Waals surface area contributed by atoms with Gasteiger partial charge in [-0.1, -0.05) is 6.07 Å². The molecule has 2 aromatic carbocycles. The molecule has 0 radical (unpaired) electrons. The lowest BCUT2D eigenvalue weighted by molar-refractivity contribution is -0.121. The third-order valence-corrected chi connectivity index (χ3v) is 5.45. The summed E-state index contributed by atoms with van der Waals surface area (Å²) in [6, 6.07) is 12.0. The van der Waals surface area contributed by atoms with E-state index in [0.717, 1.165) is 24.9 Å². The molecule has 31 heavy (non-hydrogen) atoms. The summed E-state index contributed by atoms with van der Waals surface area (Å²) < 4.78 is 19.3. The molecule has 0 spiro atoms. The number of nitrogens with one attached hydrogen (secondary N) is 2. The maximum Gasteiger partial charge on any atom is 0.251 e. The molecule has 2 N–H and O–H groups in total. The zero-order valence-electron chi connectivity index (χ0n) is 18.1. The number of amides is 2. The predicted molar refractivity (Wildman–Crippen MR) is 119 cm³/mol. The van der Waals surface area contributed by atoms with Gasteiger partial charge in [0.05, 0.1) is 12.8 Å². The highest BCUT2D eigenvalue weighted by atomic mass is 19.1. The number of methoxy groups -OCH3 is 1. The van der Waals surface area contributed by atoms with E-state index in [9.17, 15) is 14.0 Å². The Kier molecular flexibility index (Phi) is 7.87. The van der Waals surface area contributed by atoms with Gasteiger partial charge in [0, 0.05) is 37.7 Å². The molecule has 7 heteroatoms. The highest BCUT2D eigenvalue weighted by molar-refractivity contribution is 5.94. The first kappa shape index (κ1) is 22.6. The van der Waals surface area contributed by atoms with Crippen molar-refractivity contribution in [2.45, 2.75) is 38.6 Å².